The first-order valence-corrected chi connectivity index (χ1v) is 14.1. The van der Waals surface area contributed by atoms with Crippen molar-refractivity contribution >= 4 is 23.2 Å². The lowest BCUT2D eigenvalue weighted by Gasteiger charge is -2.28. The summed E-state index contributed by atoms with van der Waals surface area (Å²) in [4.78, 5) is 0. The van der Waals surface area contributed by atoms with E-state index < -0.39 is 7.26 Å². The summed E-state index contributed by atoms with van der Waals surface area (Å²) in [5.74, 6) is 0.710. The van der Waals surface area contributed by atoms with E-state index in [4.69, 9.17) is 0 Å². The second-order valence-electron chi connectivity index (χ2n) is 8.60. The van der Waals surface area contributed by atoms with Gasteiger partial charge in [-0.25, -0.2) is 0 Å². The van der Waals surface area contributed by atoms with Crippen molar-refractivity contribution in [1.29, 1.82) is 0 Å². The van der Waals surface area contributed by atoms with Gasteiger partial charge in [-0.1, -0.05) is 92.7 Å². The van der Waals surface area contributed by atoms with Crippen LogP contribution in [0.5, 0.6) is 0 Å². The molecule has 0 fully saturated rings. The van der Waals surface area contributed by atoms with Crippen LogP contribution in [-0.4, -0.2) is 6.16 Å². The third kappa shape index (κ3) is 7.94. The molecule has 0 bridgehead atoms. The molecule has 1 unspecified atom stereocenters. The van der Waals surface area contributed by atoms with Crippen LogP contribution in [0.1, 0.15) is 46.0 Å². The van der Waals surface area contributed by atoms with Crippen molar-refractivity contribution in [3.8, 4) is 0 Å². The third-order valence-electron chi connectivity index (χ3n) is 6.22. The van der Waals surface area contributed by atoms with Crippen LogP contribution >= 0.6 is 7.26 Å². The molecule has 0 aliphatic heterocycles. The Morgan fingerprint density at radius 2 is 1.09 bits per heavy atom. The minimum atomic E-state index is -1.69. The average molecular weight is 569 g/mol. The quantitative estimate of drug-likeness (QED) is 0.169. The van der Waals surface area contributed by atoms with Crippen LogP contribution in [0.15, 0.2) is 115 Å². The van der Waals surface area contributed by atoms with E-state index in [0.29, 0.717) is 5.92 Å². The topological polar surface area (TPSA) is 0 Å². The molecule has 0 aromatic heterocycles. The van der Waals surface area contributed by atoms with E-state index in [9.17, 15) is 0 Å². The number of halogens is 1. The first-order valence-electron chi connectivity index (χ1n) is 12.1. The summed E-state index contributed by atoms with van der Waals surface area (Å²) in [5, 5.41) is 4.48. The Kier molecular flexibility index (Phi) is 12.7. The van der Waals surface area contributed by atoms with Gasteiger partial charge in [0, 0.05) is 0 Å². The Bertz CT molecular complexity index is 851. The van der Waals surface area contributed by atoms with Crippen molar-refractivity contribution in [3.05, 3.63) is 115 Å². The van der Waals surface area contributed by atoms with Crippen LogP contribution in [0, 0.1) is 5.92 Å². The van der Waals surface area contributed by atoms with Gasteiger partial charge in [-0.15, -0.1) is 0 Å². The first-order chi connectivity index (χ1) is 15.8. The molecule has 1 atom stereocenters. The molecule has 0 spiro atoms. The first kappa shape index (κ1) is 27.5. The second-order valence-corrected chi connectivity index (χ2v) is 12.2. The molecule has 0 aliphatic rings. The Hall–Kier alpha value is -1.70. The Labute approximate surface area is 219 Å². The van der Waals surface area contributed by atoms with Crippen LogP contribution in [-0.2, 0) is 0 Å². The number of benzene rings is 3. The summed E-state index contributed by atoms with van der Waals surface area (Å²) in [5.41, 5.74) is 0. The van der Waals surface area contributed by atoms with Crippen molar-refractivity contribution in [1.82, 2.24) is 0 Å². The maximum atomic E-state index is 2.43. The zero-order valence-corrected chi connectivity index (χ0v) is 23.2. The van der Waals surface area contributed by atoms with Crippen LogP contribution in [0.25, 0.3) is 0 Å². The lowest BCUT2D eigenvalue weighted by atomic mass is 10.0. The zero-order chi connectivity index (χ0) is 22.5. The Morgan fingerprint density at radius 1 is 0.636 bits per heavy atom. The summed E-state index contributed by atoms with van der Waals surface area (Å²) in [6.45, 7) is 4.62. The lowest BCUT2D eigenvalue weighted by Crippen LogP contribution is -3.00. The fourth-order valence-electron chi connectivity index (χ4n) is 4.38. The maximum absolute atomic E-state index is 2.43. The summed E-state index contributed by atoms with van der Waals surface area (Å²) in [6.07, 6.45) is 16.3. The molecule has 3 rings (SSSR count). The van der Waals surface area contributed by atoms with Gasteiger partial charge in [0.25, 0.3) is 0 Å². The molecule has 174 valence electrons. The fourth-order valence-corrected chi connectivity index (χ4v) is 8.92. The van der Waals surface area contributed by atoms with E-state index in [1.54, 1.807) is 0 Å². The SMILES string of the molecule is CCC=CCC=CCCC(C)CC[P+](c1ccccc1)(c1ccccc1)c1ccccc1.[I-]. The maximum Gasteiger partial charge on any atom is 0.112 e. The molecule has 0 N–H and O–H groups in total. The van der Waals surface area contributed by atoms with Gasteiger partial charge in [0.15, 0.2) is 0 Å². The molecule has 0 heterocycles. The van der Waals surface area contributed by atoms with Crippen molar-refractivity contribution in [3.63, 3.8) is 0 Å². The highest BCUT2D eigenvalue weighted by Gasteiger charge is 2.44. The van der Waals surface area contributed by atoms with Crippen LogP contribution in [0.3, 0.4) is 0 Å². The summed E-state index contributed by atoms with van der Waals surface area (Å²) in [6, 6.07) is 33.8. The van der Waals surface area contributed by atoms with Gasteiger partial charge in [0.2, 0.25) is 0 Å². The van der Waals surface area contributed by atoms with Gasteiger partial charge in [0.1, 0.15) is 23.2 Å². The average Bonchev–Trinajstić information content (AvgIpc) is 2.86. The number of hydrogen-bond donors (Lipinski definition) is 0. The standard InChI is InChI=1S/C31H38P.HI/c1-3-4-5-6-7-8-12-19-28(2)26-27-32(29-20-13-9-14-21-29,30-22-15-10-16-23-30)31-24-17-11-18-25-31;/h4-5,7-11,13-18,20-25,28H,3,6,12,19,26-27H2,1-2H3;1H/q+1;/p-1. The lowest BCUT2D eigenvalue weighted by molar-refractivity contribution is -0.00000650. The molecule has 2 heteroatoms. The predicted octanol–water partition coefficient (Wildman–Crippen LogP) is 4.70. The summed E-state index contributed by atoms with van der Waals surface area (Å²) in [7, 11) is -1.69. The highest BCUT2D eigenvalue weighted by atomic mass is 127. The van der Waals surface area contributed by atoms with E-state index >= 15 is 0 Å². The van der Waals surface area contributed by atoms with Crippen molar-refractivity contribution in [2.45, 2.75) is 46.0 Å². The van der Waals surface area contributed by atoms with Gasteiger partial charge in [-0.05, 0) is 74.4 Å². The number of rotatable bonds is 12. The minimum Gasteiger partial charge on any atom is -1.00 e. The highest BCUT2D eigenvalue weighted by molar-refractivity contribution is 7.95. The van der Waals surface area contributed by atoms with E-state index in [-0.39, 0.29) is 24.0 Å². The van der Waals surface area contributed by atoms with Gasteiger partial charge in [-0.2, -0.15) is 0 Å². The van der Waals surface area contributed by atoms with Gasteiger partial charge in [0.05, 0.1) is 6.16 Å². The molecule has 3 aromatic carbocycles. The molecule has 0 radical (unpaired) electrons. The molecule has 0 nitrogen and oxygen atoms in total. The highest BCUT2D eigenvalue weighted by Crippen LogP contribution is 2.56. The summed E-state index contributed by atoms with van der Waals surface area (Å²) < 4.78 is 0. The van der Waals surface area contributed by atoms with Crippen LogP contribution in [0.4, 0.5) is 0 Å². The summed E-state index contributed by atoms with van der Waals surface area (Å²) >= 11 is 0. The Balaban J connectivity index is 0.00000385. The number of hydrogen-bond acceptors (Lipinski definition) is 0. The minimum absolute atomic E-state index is 0. The Morgan fingerprint density at radius 3 is 1.55 bits per heavy atom. The second kappa shape index (κ2) is 15.3. The van der Waals surface area contributed by atoms with Gasteiger partial charge < -0.3 is 24.0 Å². The largest absolute Gasteiger partial charge is 1.00 e. The third-order valence-corrected chi connectivity index (χ3v) is 10.7. The molecule has 0 saturated carbocycles. The monoisotopic (exact) mass is 568 g/mol. The van der Waals surface area contributed by atoms with E-state index in [1.165, 1.54) is 41.3 Å². The van der Waals surface area contributed by atoms with Gasteiger partial charge >= 0.3 is 0 Å². The van der Waals surface area contributed by atoms with E-state index in [0.717, 1.165) is 12.8 Å². The van der Waals surface area contributed by atoms with Crippen molar-refractivity contribution < 1.29 is 24.0 Å². The van der Waals surface area contributed by atoms with E-state index in [1.807, 2.05) is 0 Å². The number of allylic oxidation sites excluding steroid dienone is 4. The molecule has 0 saturated heterocycles. The van der Waals surface area contributed by atoms with E-state index in [2.05, 4.69) is 129 Å². The molecular formula is C31H38IP. The molecule has 33 heavy (non-hydrogen) atoms. The smallest absolute Gasteiger partial charge is 0.112 e. The van der Waals surface area contributed by atoms with Crippen LogP contribution < -0.4 is 39.9 Å². The molecular weight excluding hydrogens is 530 g/mol. The van der Waals surface area contributed by atoms with Crippen molar-refractivity contribution in [2.75, 3.05) is 6.16 Å². The zero-order valence-electron chi connectivity index (χ0n) is 20.1. The molecule has 0 amide bonds. The predicted molar refractivity (Wildman–Crippen MR) is 146 cm³/mol. The molecule has 3 aromatic rings. The van der Waals surface area contributed by atoms with Crippen molar-refractivity contribution in [2.24, 2.45) is 5.92 Å². The normalized spacial score (nSPS) is 12.7. The van der Waals surface area contributed by atoms with Gasteiger partial charge in [-0.3, -0.25) is 0 Å². The fraction of sp³-hybridized carbons (Fsp3) is 0.290. The molecule has 0 aliphatic carbocycles. The van der Waals surface area contributed by atoms with Crippen LogP contribution in [0.2, 0.25) is 0 Å².